The van der Waals surface area contributed by atoms with Crippen LogP contribution in [0.2, 0.25) is 0 Å². The largest absolute Gasteiger partial charge is 0.326 e. The highest BCUT2D eigenvalue weighted by Crippen LogP contribution is 2.24. The first-order valence-electron chi connectivity index (χ1n) is 6.00. The van der Waals surface area contributed by atoms with Gasteiger partial charge in [0.25, 0.3) is 0 Å². The Kier molecular flexibility index (Phi) is 3.33. The zero-order chi connectivity index (χ0) is 12.4. The average molecular weight is 233 g/mol. The molecule has 0 aliphatic carbocycles. The molecule has 1 aliphatic rings. The second kappa shape index (κ2) is 4.75. The van der Waals surface area contributed by atoms with Crippen LogP contribution in [0.4, 0.5) is 10.5 Å². The molecule has 1 atom stereocenters. The smallest absolute Gasteiger partial charge is 0.324 e. The van der Waals surface area contributed by atoms with Gasteiger partial charge in [-0.2, -0.15) is 0 Å². The van der Waals surface area contributed by atoms with Crippen molar-refractivity contribution in [2.24, 2.45) is 5.73 Å². The normalized spacial score (nSPS) is 20.2. The minimum absolute atomic E-state index is 0.0809. The molecule has 17 heavy (non-hydrogen) atoms. The lowest BCUT2D eigenvalue weighted by atomic mass is 10.2. The van der Waals surface area contributed by atoms with E-state index in [4.69, 9.17) is 5.73 Å². The van der Waals surface area contributed by atoms with E-state index in [1.165, 1.54) is 0 Å². The molecule has 4 nitrogen and oxygen atoms in total. The van der Waals surface area contributed by atoms with Crippen molar-refractivity contribution in [3.63, 3.8) is 0 Å². The first kappa shape index (κ1) is 11.9. The molecule has 1 unspecified atom stereocenters. The van der Waals surface area contributed by atoms with Gasteiger partial charge in [-0.15, -0.1) is 0 Å². The summed E-state index contributed by atoms with van der Waals surface area (Å²) in [5.74, 6) is 0. The predicted octanol–water partition coefficient (Wildman–Crippen LogP) is 1.80. The van der Waals surface area contributed by atoms with Crippen molar-refractivity contribution >= 4 is 11.7 Å². The fourth-order valence-corrected chi connectivity index (χ4v) is 2.19. The number of nitrogens with zero attached hydrogens (tertiary/aromatic N) is 2. The molecule has 4 heteroatoms. The summed E-state index contributed by atoms with van der Waals surface area (Å²) in [5, 5.41) is 0. The summed E-state index contributed by atoms with van der Waals surface area (Å²) in [6, 6.07) is 8.27. The van der Waals surface area contributed by atoms with Crippen LogP contribution in [0.3, 0.4) is 0 Å². The zero-order valence-corrected chi connectivity index (χ0v) is 10.4. The highest BCUT2D eigenvalue weighted by atomic mass is 16.2. The van der Waals surface area contributed by atoms with E-state index in [1.807, 2.05) is 41.1 Å². The van der Waals surface area contributed by atoms with Gasteiger partial charge in [-0.05, 0) is 24.1 Å². The second-order valence-corrected chi connectivity index (χ2v) is 4.44. The fourth-order valence-electron chi connectivity index (χ4n) is 2.19. The lowest BCUT2D eigenvalue weighted by Gasteiger charge is -2.16. The third-order valence-corrected chi connectivity index (χ3v) is 3.43. The summed E-state index contributed by atoms with van der Waals surface area (Å²) in [7, 11) is 1.87. The van der Waals surface area contributed by atoms with Gasteiger partial charge in [0.05, 0.1) is 6.04 Å². The van der Waals surface area contributed by atoms with E-state index in [9.17, 15) is 4.79 Å². The quantitative estimate of drug-likeness (QED) is 0.865. The van der Waals surface area contributed by atoms with Gasteiger partial charge in [0.15, 0.2) is 0 Å². The number of urea groups is 1. The number of nitrogens with two attached hydrogens (primary N) is 1. The molecule has 2 N–H and O–H groups in total. The van der Waals surface area contributed by atoms with Gasteiger partial charge in [0, 0.05) is 25.8 Å². The topological polar surface area (TPSA) is 49.6 Å². The van der Waals surface area contributed by atoms with Crippen LogP contribution in [-0.4, -0.2) is 30.6 Å². The summed E-state index contributed by atoms with van der Waals surface area (Å²) >= 11 is 0. The van der Waals surface area contributed by atoms with Crippen molar-refractivity contribution in [1.82, 2.24) is 4.90 Å². The third kappa shape index (κ3) is 2.13. The Morgan fingerprint density at radius 3 is 2.47 bits per heavy atom. The third-order valence-electron chi connectivity index (χ3n) is 3.43. The molecule has 92 valence electrons. The minimum atomic E-state index is 0.0809. The molecule has 2 amide bonds. The lowest BCUT2D eigenvalue weighted by molar-refractivity contribution is 0.218. The maximum absolute atomic E-state index is 12.1. The molecule has 0 radical (unpaired) electrons. The molecule has 1 aliphatic heterocycles. The molecule has 2 rings (SSSR count). The highest BCUT2D eigenvalue weighted by molar-refractivity contribution is 5.94. The fraction of sp³-hybridized carbons (Fsp3) is 0.462. The number of amides is 2. The van der Waals surface area contributed by atoms with Crippen molar-refractivity contribution in [2.75, 3.05) is 18.5 Å². The molecular formula is C13H19N3O. The molecule has 0 spiro atoms. The standard InChI is InChI=1S/C13H19N3O/c1-3-11-9-16(13(17)15(11)2)12-6-4-10(8-14)5-7-12/h4-7,11H,3,8-9,14H2,1-2H3. The maximum atomic E-state index is 12.1. The van der Waals surface area contributed by atoms with E-state index in [1.54, 1.807) is 0 Å². The lowest BCUT2D eigenvalue weighted by Crippen LogP contribution is -2.30. The summed E-state index contributed by atoms with van der Waals surface area (Å²) in [6.07, 6.45) is 0.986. The van der Waals surface area contributed by atoms with Crippen molar-refractivity contribution in [2.45, 2.75) is 25.9 Å². The van der Waals surface area contributed by atoms with E-state index in [2.05, 4.69) is 6.92 Å². The van der Waals surface area contributed by atoms with Gasteiger partial charge >= 0.3 is 6.03 Å². The SMILES string of the molecule is CCC1CN(c2ccc(CN)cc2)C(=O)N1C. The average Bonchev–Trinajstić information content (AvgIpc) is 2.66. The van der Waals surface area contributed by atoms with Crippen molar-refractivity contribution in [1.29, 1.82) is 0 Å². The van der Waals surface area contributed by atoms with E-state index >= 15 is 0 Å². The van der Waals surface area contributed by atoms with Gasteiger partial charge in [-0.3, -0.25) is 4.90 Å². The molecule has 0 aromatic heterocycles. The van der Waals surface area contributed by atoms with Gasteiger partial charge in [-0.25, -0.2) is 4.79 Å². The Bertz CT molecular complexity index is 402. The van der Waals surface area contributed by atoms with E-state index in [0.29, 0.717) is 12.6 Å². The van der Waals surface area contributed by atoms with Crippen LogP contribution in [-0.2, 0) is 6.54 Å². The number of hydrogen-bond acceptors (Lipinski definition) is 2. The first-order chi connectivity index (χ1) is 8.17. The van der Waals surface area contributed by atoms with E-state index in [-0.39, 0.29) is 6.03 Å². The van der Waals surface area contributed by atoms with Crippen LogP contribution < -0.4 is 10.6 Å². The van der Waals surface area contributed by atoms with Crippen LogP contribution in [0, 0.1) is 0 Å². The van der Waals surface area contributed by atoms with E-state index in [0.717, 1.165) is 24.2 Å². The van der Waals surface area contributed by atoms with Crippen LogP contribution in [0.15, 0.2) is 24.3 Å². The van der Waals surface area contributed by atoms with Crippen molar-refractivity contribution in [3.05, 3.63) is 29.8 Å². The van der Waals surface area contributed by atoms with Gasteiger partial charge in [0.2, 0.25) is 0 Å². The van der Waals surface area contributed by atoms with Gasteiger partial charge in [-0.1, -0.05) is 19.1 Å². The van der Waals surface area contributed by atoms with E-state index < -0.39 is 0 Å². The van der Waals surface area contributed by atoms with Crippen molar-refractivity contribution < 1.29 is 4.79 Å². The number of hydrogen-bond donors (Lipinski definition) is 1. The van der Waals surface area contributed by atoms with Crippen LogP contribution in [0.5, 0.6) is 0 Å². The summed E-state index contributed by atoms with van der Waals surface area (Å²) in [4.78, 5) is 15.7. The molecule has 1 fully saturated rings. The molecular weight excluding hydrogens is 214 g/mol. The maximum Gasteiger partial charge on any atom is 0.324 e. The molecule has 1 heterocycles. The van der Waals surface area contributed by atoms with Gasteiger partial charge < -0.3 is 10.6 Å². The van der Waals surface area contributed by atoms with Crippen LogP contribution in [0.1, 0.15) is 18.9 Å². The number of benzene rings is 1. The predicted molar refractivity (Wildman–Crippen MR) is 68.9 cm³/mol. The summed E-state index contributed by atoms with van der Waals surface area (Å²) in [5.41, 5.74) is 7.60. The Morgan fingerprint density at radius 1 is 1.35 bits per heavy atom. The Balaban J connectivity index is 2.20. The highest BCUT2D eigenvalue weighted by Gasteiger charge is 2.33. The summed E-state index contributed by atoms with van der Waals surface area (Å²) < 4.78 is 0. The first-order valence-corrected chi connectivity index (χ1v) is 6.00. The zero-order valence-electron chi connectivity index (χ0n) is 10.4. The Hall–Kier alpha value is -1.55. The van der Waals surface area contributed by atoms with Crippen LogP contribution >= 0.6 is 0 Å². The number of rotatable bonds is 3. The number of anilines is 1. The molecule has 0 saturated carbocycles. The molecule has 1 aromatic carbocycles. The number of carbonyl (C=O) groups excluding carboxylic acids is 1. The number of likely N-dealkylation sites (N-methyl/N-ethyl adjacent to an activating group) is 1. The van der Waals surface area contributed by atoms with Gasteiger partial charge in [0.1, 0.15) is 0 Å². The molecule has 1 aromatic rings. The second-order valence-electron chi connectivity index (χ2n) is 4.44. The number of carbonyl (C=O) groups is 1. The molecule has 0 bridgehead atoms. The van der Waals surface area contributed by atoms with Crippen molar-refractivity contribution in [3.8, 4) is 0 Å². The Morgan fingerprint density at radius 2 is 2.00 bits per heavy atom. The summed E-state index contributed by atoms with van der Waals surface area (Å²) in [6.45, 7) is 3.41. The monoisotopic (exact) mass is 233 g/mol. The Labute approximate surface area is 102 Å². The minimum Gasteiger partial charge on any atom is -0.326 e. The molecule has 1 saturated heterocycles. The van der Waals surface area contributed by atoms with Crippen LogP contribution in [0.25, 0.3) is 0 Å².